The van der Waals surface area contributed by atoms with Gasteiger partial charge in [0.25, 0.3) is 0 Å². The van der Waals surface area contributed by atoms with Crippen molar-refractivity contribution < 1.29 is 0 Å². The molecular formula is C13H22N4. The van der Waals surface area contributed by atoms with Gasteiger partial charge in [-0.1, -0.05) is 0 Å². The van der Waals surface area contributed by atoms with Crippen LogP contribution in [0.3, 0.4) is 0 Å². The molecule has 0 aromatic carbocycles. The van der Waals surface area contributed by atoms with Gasteiger partial charge in [-0.2, -0.15) is 10.4 Å². The molecule has 94 valence electrons. The maximum Gasteiger partial charge on any atom is 0.123 e. The summed E-state index contributed by atoms with van der Waals surface area (Å²) in [5.74, 6) is 0. The van der Waals surface area contributed by atoms with Crippen molar-refractivity contribution in [3.63, 3.8) is 0 Å². The summed E-state index contributed by atoms with van der Waals surface area (Å²) in [6.45, 7) is 12.7. The van der Waals surface area contributed by atoms with Gasteiger partial charge in [-0.25, -0.2) is 0 Å². The fraction of sp³-hybridized carbons (Fsp3) is 0.692. The molecule has 1 atom stereocenters. The Morgan fingerprint density at radius 3 is 2.35 bits per heavy atom. The van der Waals surface area contributed by atoms with Gasteiger partial charge in [-0.3, -0.25) is 10.00 Å². The van der Waals surface area contributed by atoms with E-state index in [1.54, 1.807) is 0 Å². The molecule has 4 heteroatoms. The van der Waals surface area contributed by atoms with Crippen molar-refractivity contribution in [1.82, 2.24) is 15.1 Å². The van der Waals surface area contributed by atoms with Gasteiger partial charge in [-0.15, -0.1) is 0 Å². The van der Waals surface area contributed by atoms with Gasteiger partial charge in [0.1, 0.15) is 5.54 Å². The second-order valence-corrected chi connectivity index (χ2v) is 5.20. The fourth-order valence-corrected chi connectivity index (χ4v) is 1.99. The lowest BCUT2D eigenvalue weighted by Crippen LogP contribution is -2.48. The van der Waals surface area contributed by atoms with E-state index < -0.39 is 5.54 Å². The number of nitrogens with one attached hydrogen (secondary N) is 1. The van der Waals surface area contributed by atoms with Crippen molar-refractivity contribution in [1.29, 1.82) is 5.26 Å². The topological polar surface area (TPSA) is 53.6 Å². The predicted molar refractivity (Wildman–Crippen MR) is 68.7 cm³/mol. The minimum Gasteiger partial charge on any atom is -0.296 e. The molecule has 0 saturated carbocycles. The number of aromatic nitrogens is 2. The highest BCUT2D eigenvalue weighted by Gasteiger charge is 2.26. The minimum absolute atomic E-state index is 0.276. The van der Waals surface area contributed by atoms with Crippen LogP contribution in [0.25, 0.3) is 0 Å². The lowest BCUT2D eigenvalue weighted by Gasteiger charge is -2.26. The highest BCUT2D eigenvalue weighted by atomic mass is 15.3. The highest BCUT2D eigenvalue weighted by Crippen LogP contribution is 2.15. The molecule has 1 N–H and O–H groups in total. The number of hydrogen-bond donors (Lipinski definition) is 1. The average molecular weight is 234 g/mol. The van der Waals surface area contributed by atoms with Crippen LogP contribution in [-0.4, -0.2) is 21.4 Å². The fourth-order valence-electron chi connectivity index (χ4n) is 1.99. The zero-order valence-corrected chi connectivity index (χ0v) is 11.6. The number of rotatable bonds is 4. The summed E-state index contributed by atoms with van der Waals surface area (Å²) in [6, 6.07) is 2.62. The third-order valence-corrected chi connectivity index (χ3v) is 3.06. The second kappa shape index (κ2) is 4.89. The maximum absolute atomic E-state index is 9.31. The molecule has 1 aromatic rings. The standard InChI is InChI=1S/C13H22N4/c1-9(2)15-13(6,7-14)8-17-12(5)10(3)11(4)16-17/h9,15H,8H2,1-6H3. The van der Waals surface area contributed by atoms with E-state index in [2.05, 4.69) is 23.4 Å². The van der Waals surface area contributed by atoms with Crippen LogP contribution in [-0.2, 0) is 6.54 Å². The van der Waals surface area contributed by atoms with Gasteiger partial charge in [0.05, 0.1) is 18.3 Å². The molecule has 1 heterocycles. The molecule has 0 saturated heterocycles. The molecule has 0 fully saturated rings. The Morgan fingerprint density at radius 2 is 2.00 bits per heavy atom. The van der Waals surface area contributed by atoms with Crippen molar-refractivity contribution in [3.8, 4) is 6.07 Å². The molecule has 0 aliphatic carbocycles. The lowest BCUT2D eigenvalue weighted by molar-refractivity contribution is 0.340. The maximum atomic E-state index is 9.31. The summed E-state index contributed by atoms with van der Waals surface area (Å²) in [4.78, 5) is 0. The molecule has 0 aliphatic heterocycles. The van der Waals surface area contributed by atoms with Crippen LogP contribution in [0.5, 0.6) is 0 Å². The SMILES string of the molecule is Cc1nn(CC(C)(C#N)NC(C)C)c(C)c1C. The number of nitrogens with zero attached hydrogens (tertiary/aromatic N) is 3. The largest absolute Gasteiger partial charge is 0.296 e. The second-order valence-electron chi connectivity index (χ2n) is 5.20. The van der Waals surface area contributed by atoms with Crippen molar-refractivity contribution >= 4 is 0 Å². The normalized spacial score (nSPS) is 14.7. The van der Waals surface area contributed by atoms with E-state index >= 15 is 0 Å². The van der Waals surface area contributed by atoms with Crippen molar-refractivity contribution in [2.75, 3.05) is 0 Å². The number of nitriles is 1. The summed E-state index contributed by atoms with van der Waals surface area (Å²) < 4.78 is 1.92. The third kappa shape index (κ3) is 3.07. The van der Waals surface area contributed by atoms with E-state index in [1.807, 2.05) is 39.3 Å². The minimum atomic E-state index is -0.580. The third-order valence-electron chi connectivity index (χ3n) is 3.06. The van der Waals surface area contributed by atoms with Gasteiger partial charge >= 0.3 is 0 Å². The smallest absolute Gasteiger partial charge is 0.123 e. The Labute approximate surface area is 104 Å². The van der Waals surface area contributed by atoms with Crippen LogP contribution in [0, 0.1) is 32.1 Å². The molecule has 1 rings (SSSR count). The van der Waals surface area contributed by atoms with E-state index in [9.17, 15) is 5.26 Å². The van der Waals surface area contributed by atoms with Crippen molar-refractivity contribution in [3.05, 3.63) is 17.0 Å². The molecule has 1 aromatic heterocycles. The first kappa shape index (κ1) is 13.7. The average Bonchev–Trinajstić information content (AvgIpc) is 2.45. The Balaban J connectivity index is 2.96. The molecule has 0 radical (unpaired) electrons. The summed E-state index contributed by atoms with van der Waals surface area (Å²) in [6.07, 6.45) is 0. The van der Waals surface area contributed by atoms with Crippen LogP contribution >= 0.6 is 0 Å². The Kier molecular flexibility index (Phi) is 3.94. The molecule has 17 heavy (non-hydrogen) atoms. The first-order valence-corrected chi connectivity index (χ1v) is 5.98. The summed E-state index contributed by atoms with van der Waals surface area (Å²) in [5.41, 5.74) is 2.79. The van der Waals surface area contributed by atoms with Crippen LogP contribution in [0.15, 0.2) is 0 Å². The quantitative estimate of drug-likeness (QED) is 0.868. The number of aryl methyl sites for hydroxylation is 1. The predicted octanol–water partition coefficient (Wildman–Crippen LogP) is 2.09. The molecule has 1 unspecified atom stereocenters. The Bertz CT molecular complexity index is 439. The van der Waals surface area contributed by atoms with Crippen LogP contribution < -0.4 is 5.32 Å². The summed E-state index contributed by atoms with van der Waals surface area (Å²) in [7, 11) is 0. The van der Waals surface area contributed by atoms with Gasteiger partial charge in [0.2, 0.25) is 0 Å². The molecular weight excluding hydrogens is 212 g/mol. The zero-order chi connectivity index (χ0) is 13.2. The van der Waals surface area contributed by atoms with E-state index in [-0.39, 0.29) is 6.04 Å². The summed E-state index contributed by atoms with van der Waals surface area (Å²) in [5, 5.41) is 17.1. The Hall–Kier alpha value is -1.34. The van der Waals surface area contributed by atoms with Crippen molar-refractivity contribution in [2.45, 2.75) is 59.7 Å². The first-order chi connectivity index (χ1) is 7.79. The van der Waals surface area contributed by atoms with E-state index in [0.29, 0.717) is 6.54 Å². The first-order valence-electron chi connectivity index (χ1n) is 5.98. The summed E-state index contributed by atoms with van der Waals surface area (Å²) >= 11 is 0. The Morgan fingerprint density at radius 1 is 1.41 bits per heavy atom. The van der Waals surface area contributed by atoms with Gasteiger partial charge in [0, 0.05) is 11.7 Å². The van der Waals surface area contributed by atoms with E-state index in [1.165, 1.54) is 5.56 Å². The van der Waals surface area contributed by atoms with E-state index in [0.717, 1.165) is 11.4 Å². The van der Waals surface area contributed by atoms with Gasteiger partial charge in [-0.05, 0) is 47.1 Å². The molecule has 0 bridgehead atoms. The monoisotopic (exact) mass is 234 g/mol. The van der Waals surface area contributed by atoms with Crippen LogP contribution in [0.1, 0.15) is 37.7 Å². The molecule has 0 spiro atoms. The van der Waals surface area contributed by atoms with Crippen LogP contribution in [0.4, 0.5) is 0 Å². The van der Waals surface area contributed by atoms with Gasteiger partial charge < -0.3 is 0 Å². The van der Waals surface area contributed by atoms with Gasteiger partial charge in [0.15, 0.2) is 0 Å². The van der Waals surface area contributed by atoms with Crippen LogP contribution in [0.2, 0.25) is 0 Å². The van der Waals surface area contributed by atoms with Crippen molar-refractivity contribution in [2.24, 2.45) is 0 Å². The molecule has 4 nitrogen and oxygen atoms in total. The van der Waals surface area contributed by atoms with E-state index in [4.69, 9.17) is 0 Å². The highest BCUT2D eigenvalue weighted by molar-refractivity contribution is 5.23. The lowest BCUT2D eigenvalue weighted by atomic mass is 10.0. The molecule has 0 aliphatic rings. The number of hydrogen-bond acceptors (Lipinski definition) is 3. The molecule has 0 amide bonds. The zero-order valence-electron chi connectivity index (χ0n) is 11.6.